The van der Waals surface area contributed by atoms with E-state index in [4.69, 9.17) is 18.9 Å². The normalized spacial score (nSPS) is 17.6. The van der Waals surface area contributed by atoms with Crippen LogP contribution in [0, 0.1) is 12.8 Å². The van der Waals surface area contributed by atoms with Crippen LogP contribution in [0.15, 0.2) is 41.4 Å². The number of hydrogen-bond donors (Lipinski definition) is 2. The molecule has 2 aromatic rings. The van der Waals surface area contributed by atoms with Crippen LogP contribution in [0.3, 0.4) is 0 Å². The van der Waals surface area contributed by atoms with Crippen LogP contribution in [0.5, 0.6) is 17.2 Å². The summed E-state index contributed by atoms with van der Waals surface area (Å²) >= 11 is 0. The molecule has 0 aromatic heterocycles. The van der Waals surface area contributed by atoms with Crippen LogP contribution in [0.4, 0.5) is 0 Å². The van der Waals surface area contributed by atoms with Crippen molar-refractivity contribution in [1.82, 2.24) is 10.6 Å². The lowest BCUT2D eigenvalue weighted by molar-refractivity contribution is 0.166. The number of fused-ring (bicyclic) bond motifs is 1. The van der Waals surface area contributed by atoms with Gasteiger partial charge in [0.25, 0.3) is 0 Å². The number of ether oxygens (including phenoxy) is 4. The number of aliphatic imine (C=N–C) groups is 1. The molecule has 0 aliphatic carbocycles. The lowest BCUT2D eigenvalue weighted by atomic mass is 10.1. The topological polar surface area (TPSA) is 73.3 Å². The van der Waals surface area contributed by atoms with Crippen molar-refractivity contribution in [3.8, 4) is 17.2 Å². The van der Waals surface area contributed by atoms with Crippen LogP contribution in [-0.4, -0.2) is 46.0 Å². The molecule has 180 valence electrons. The third-order valence-corrected chi connectivity index (χ3v) is 5.69. The standard InChI is InChI=1S/C25H33N3O4.HI/c1-18-7-8-20(23(13-18)32-17-19-9-12-29-16-19)14-27-25(26-2)28-15-21-5-3-6-22-24(21)31-11-4-10-30-22;/h3,5-8,13,19H,4,9-12,14-17H2,1-2H3,(H2,26,27,28);1H. The van der Waals surface area contributed by atoms with Gasteiger partial charge in [0, 0.05) is 50.2 Å². The van der Waals surface area contributed by atoms with Crippen molar-refractivity contribution in [2.24, 2.45) is 10.9 Å². The molecule has 0 saturated carbocycles. The maximum absolute atomic E-state index is 6.16. The third-order valence-electron chi connectivity index (χ3n) is 5.69. The number of guanidine groups is 1. The second-order valence-corrected chi connectivity index (χ2v) is 8.23. The highest BCUT2D eigenvalue weighted by Gasteiger charge is 2.17. The second kappa shape index (κ2) is 12.9. The van der Waals surface area contributed by atoms with Crippen LogP contribution in [0.25, 0.3) is 0 Å². The molecule has 1 fully saturated rings. The zero-order valence-corrected chi connectivity index (χ0v) is 21.7. The first-order chi connectivity index (χ1) is 15.7. The van der Waals surface area contributed by atoms with Crippen LogP contribution < -0.4 is 24.8 Å². The van der Waals surface area contributed by atoms with Crippen molar-refractivity contribution in [2.75, 3.05) is 40.1 Å². The first-order valence-electron chi connectivity index (χ1n) is 11.3. The van der Waals surface area contributed by atoms with Gasteiger partial charge in [-0.2, -0.15) is 0 Å². The van der Waals surface area contributed by atoms with Gasteiger partial charge in [-0.1, -0.05) is 24.3 Å². The predicted molar refractivity (Wildman–Crippen MR) is 140 cm³/mol. The zero-order chi connectivity index (χ0) is 22.2. The molecule has 1 saturated heterocycles. The summed E-state index contributed by atoms with van der Waals surface area (Å²) in [5, 5.41) is 6.78. The van der Waals surface area contributed by atoms with Crippen molar-refractivity contribution in [3.63, 3.8) is 0 Å². The van der Waals surface area contributed by atoms with Gasteiger partial charge in [-0.25, -0.2) is 0 Å². The van der Waals surface area contributed by atoms with Gasteiger partial charge in [0.05, 0.1) is 26.4 Å². The number of rotatable bonds is 7. The van der Waals surface area contributed by atoms with Gasteiger partial charge in [0.15, 0.2) is 17.5 Å². The van der Waals surface area contributed by atoms with Gasteiger partial charge in [-0.3, -0.25) is 4.99 Å². The third kappa shape index (κ3) is 7.14. The maximum Gasteiger partial charge on any atom is 0.191 e. The van der Waals surface area contributed by atoms with Gasteiger partial charge < -0.3 is 29.6 Å². The average molecular weight is 567 g/mol. The summed E-state index contributed by atoms with van der Waals surface area (Å²) in [6, 6.07) is 12.3. The molecule has 0 spiro atoms. The van der Waals surface area contributed by atoms with Gasteiger partial charge >= 0.3 is 0 Å². The van der Waals surface area contributed by atoms with Gasteiger partial charge in [-0.05, 0) is 31.0 Å². The maximum atomic E-state index is 6.16. The van der Waals surface area contributed by atoms with Crippen LogP contribution in [0.1, 0.15) is 29.5 Å². The summed E-state index contributed by atoms with van der Waals surface area (Å²) in [5.41, 5.74) is 3.33. The Bertz CT molecular complexity index is 932. The van der Waals surface area contributed by atoms with E-state index in [1.165, 1.54) is 5.56 Å². The summed E-state index contributed by atoms with van der Waals surface area (Å²) in [7, 11) is 1.77. The number of hydrogen-bond acceptors (Lipinski definition) is 5. The Balaban J connectivity index is 0.00000306. The minimum Gasteiger partial charge on any atom is -0.493 e. The monoisotopic (exact) mass is 567 g/mol. The van der Waals surface area contributed by atoms with Crippen molar-refractivity contribution >= 4 is 29.9 Å². The van der Waals surface area contributed by atoms with E-state index in [0.717, 1.165) is 54.4 Å². The summed E-state index contributed by atoms with van der Waals surface area (Å²) in [5.74, 6) is 3.72. The quantitative estimate of drug-likeness (QED) is 0.299. The van der Waals surface area contributed by atoms with Crippen LogP contribution in [-0.2, 0) is 17.8 Å². The van der Waals surface area contributed by atoms with E-state index in [0.29, 0.717) is 44.8 Å². The molecule has 7 nitrogen and oxygen atoms in total. The first-order valence-corrected chi connectivity index (χ1v) is 11.3. The molecule has 8 heteroatoms. The molecule has 33 heavy (non-hydrogen) atoms. The van der Waals surface area contributed by atoms with Gasteiger partial charge in [0.1, 0.15) is 5.75 Å². The molecular formula is C25H34IN3O4. The first kappa shape index (κ1) is 25.4. The minimum atomic E-state index is 0. The second-order valence-electron chi connectivity index (χ2n) is 8.23. The Morgan fingerprint density at radius 2 is 1.88 bits per heavy atom. The van der Waals surface area contributed by atoms with E-state index in [-0.39, 0.29) is 24.0 Å². The molecule has 0 amide bonds. The van der Waals surface area contributed by atoms with E-state index in [1.54, 1.807) is 7.05 Å². The van der Waals surface area contributed by atoms with Crippen molar-refractivity contribution in [3.05, 3.63) is 53.1 Å². The number of nitrogens with zero attached hydrogens (tertiary/aromatic N) is 1. The number of benzene rings is 2. The molecule has 4 rings (SSSR count). The Kier molecular flexibility index (Phi) is 9.93. The number of halogens is 1. The predicted octanol–water partition coefficient (Wildman–Crippen LogP) is 4.05. The number of aryl methyl sites for hydroxylation is 1. The zero-order valence-electron chi connectivity index (χ0n) is 19.4. The Labute approximate surface area is 213 Å². The molecule has 2 aromatic carbocycles. The Hall–Kier alpha value is -2.20. The van der Waals surface area contributed by atoms with Crippen LogP contribution in [0.2, 0.25) is 0 Å². The van der Waals surface area contributed by atoms with Crippen LogP contribution >= 0.6 is 24.0 Å². The molecule has 1 atom stereocenters. The number of para-hydroxylation sites is 1. The summed E-state index contributed by atoms with van der Waals surface area (Å²) in [6.07, 6.45) is 1.95. The van der Waals surface area contributed by atoms with E-state index >= 15 is 0 Å². The SMILES string of the molecule is CN=C(NCc1ccc(C)cc1OCC1CCOC1)NCc1cccc2c1OCCCO2.I. The summed E-state index contributed by atoms with van der Waals surface area (Å²) in [4.78, 5) is 4.37. The van der Waals surface area contributed by atoms with E-state index in [9.17, 15) is 0 Å². The molecule has 0 bridgehead atoms. The molecule has 0 radical (unpaired) electrons. The van der Waals surface area contributed by atoms with Crippen molar-refractivity contribution < 1.29 is 18.9 Å². The molecular weight excluding hydrogens is 533 g/mol. The molecule has 2 aliphatic rings. The summed E-state index contributed by atoms with van der Waals surface area (Å²) in [6.45, 7) is 6.94. The fraction of sp³-hybridized carbons (Fsp3) is 0.480. The van der Waals surface area contributed by atoms with Crippen molar-refractivity contribution in [2.45, 2.75) is 32.9 Å². The van der Waals surface area contributed by atoms with Gasteiger partial charge in [-0.15, -0.1) is 24.0 Å². The van der Waals surface area contributed by atoms with E-state index < -0.39 is 0 Å². The summed E-state index contributed by atoms with van der Waals surface area (Å²) < 4.78 is 23.3. The molecule has 2 heterocycles. The lowest BCUT2D eigenvalue weighted by Gasteiger charge is -2.18. The fourth-order valence-electron chi connectivity index (χ4n) is 3.84. The minimum absolute atomic E-state index is 0. The average Bonchev–Trinajstić information content (AvgIpc) is 3.21. The smallest absolute Gasteiger partial charge is 0.191 e. The highest BCUT2D eigenvalue weighted by atomic mass is 127. The highest BCUT2D eigenvalue weighted by Crippen LogP contribution is 2.33. The lowest BCUT2D eigenvalue weighted by Crippen LogP contribution is -2.36. The Morgan fingerprint density at radius 1 is 1.06 bits per heavy atom. The molecule has 2 N–H and O–H groups in total. The van der Waals surface area contributed by atoms with Gasteiger partial charge in [0.2, 0.25) is 0 Å². The van der Waals surface area contributed by atoms with Crippen molar-refractivity contribution in [1.29, 1.82) is 0 Å². The highest BCUT2D eigenvalue weighted by molar-refractivity contribution is 14.0. The molecule has 2 aliphatic heterocycles. The number of nitrogens with one attached hydrogen (secondary N) is 2. The van der Waals surface area contributed by atoms with E-state index in [1.807, 2.05) is 18.2 Å². The molecule has 1 unspecified atom stereocenters. The largest absolute Gasteiger partial charge is 0.493 e. The van der Waals surface area contributed by atoms with E-state index in [2.05, 4.69) is 40.7 Å². The Morgan fingerprint density at radius 3 is 2.67 bits per heavy atom. The fourth-order valence-corrected chi connectivity index (χ4v) is 3.84.